The Morgan fingerprint density at radius 1 is 0.905 bits per heavy atom. The average molecular weight is 282 g/mol. The molecular formula is C19H22O2. The van der Waals surface area contributed by atoms with Crippen molar-refractivity contribution in [2.75, 3.05) is 0 Å². The predicted molar refractivity (Wildman–Crippen MR) is 84.6 cm³/mol. The van der Waals surface area contributed by atoms with Crippen molar-refractivity contribution in [2.24, 2.45) is 0 Å². The van der Waals surface area contributed by atoms with E-state index < -0.39 is 0 Å². The number of rotatable bonds is 2. The molecule has 2 heteroatoms. The summed E-state index contributed by atoms with van der Waals surface area (Å²) >= 11 is 0. The zero-order chi connectivity index (χ0) is 14.1. The lowest BCUT2D eigenvalue weighted by molar-refractivity contribution is -0.135. The van der Waals surface area contributed by atoms with Gasteiger partial charge in [-0.25, -0.2) is 0 Å². The molecule has 2 aliphatic rings. The molecule has 0 unspecified atom stereocenters. The number of hydrogen-bond donors (Lipinski definition) is 0. The lowest BCUT2D eigenvalue weighted by Gasteiger charge is -2.31. The molecule has 0 radical (unpaired) electrons. The van der Waals surface area contributed by atoms with Crippen molar-refractivity contribution >= 4 is 10.8 Å². The van der Waals surface area contributed by atoms with Crippen molar-refractivity contribution < 1.29 is 9.47 Å². The summed E-state index contributed by atoms with van der Waals surface area (Å²) in [7, 11) is 0. The van der Waals surface area contributed by atoms with Gasteiger partial charge in [0, 0.05) is 12.0 Å². The standard InChI is InChI=1S/C19H22O2/c1-2-7-15(8-3-1)20-19-13-11-17-16-9-5-4-6-14(16)10-12-18(17)21-19/h4-6,9-10,12,15,19H,1-3,7-8,11,13H2/t19-/m0/s1. The summed E-state index contributed by atoms with van der Waals surface area (Å²) in [5.41, 5.74) is 1.34. The van der Waals surface area contributed by atoms with Crippen LogP contribution < -0.4 is 4.74 Å². The molecule has 1 aliphatic heterocycles. The van der Waals surface area contributed by atoms with Crippen LogP contribution in [-0.2, 0) is 11.2 Å². The number of benzene rings is 2. The fourth-order valence-corrected chi connectivity index (χ4v) is 3.66. The quantitative estimate of drug-likeness (QED) is 0.784. The van der Waals surface area contributed by atoms with Crippen LogP contribution in [-0.4, -0.2) is 12.4 Å². The first-order valence-corrected chi connectivity index (χ1v) is 8.23. The Kier molecular flexibility index (Phi) is 3.56. The van der Waals surface area contributed by atoms with Crippen LogP contribution in [0.15, 0.2) is 36.4 Å². The fourth-order valence-electron chi connectivity index (χ4n) is 3.66. The van der Waals surface area contributed by atoms with Crippen molar-refractivity contribution in [2.45, 2.75) is 57.3 Å². The minimum absolute atomic E-state index is 0.0539. The second-order valence-electron chi connectivity index (χ2n) is 6.25. The van der Waals surface area contributed by atoms with E-state index in [0.29, 0.717) is 6.10 Å². The first-order chi connectivity index (χ1) is 10.4. The fraction of sp³-hybridized carbons (Fsp3) is 0.474. The Hall–Kier alpha value is -1.54. The minimum atomic E-state index is -0.0539. The first-order valence-electron chi connectivity index (χ1n) is 8.23. The monoisotopic (exact) mass is 282 g/mol. The van der Waals surface area contributed by atoms with Crippen molar-refractivity contribution in [3.8, 4) is 5.75 Å². The molecule has 0 amide bonds. The smallest absolute Gasteiger partial charge is 0.200 e. The van der Waals surface area contributed by atoms with Gasteiger partial charge in [0.05, 0.1) is 6.10 Å². The summed E-state index contributed by atoms with van der Waals surface area (Å²) in [6.45, 7) is 0. The number of aryl methyl sites for hydroxylation is 1. The minimum Gasteiger partial charge on any atom is -0.465 e. The maximum Gasteiger partial charge on any atom is 0.200 e. The van der Waals surface area contributed by atoms with Crippen LogP contribution in [0.2, 0.25) is 0 Å². The molecule has 110 valence electrons. The van der Waals surface area contributed by atoms with Gasteiger partial charge in [0.25, 0.3) is 0 Å². The summed E-state index contributed by atoms with van der Waals surface area (Å²) in [5, 5.41) is 2.62. The highest BCUT2D eigenvalue weighted by molar-refractivity contribution is 5.87. The van der Waals surface area contributed by atoms with E-state index in [2.05, 4.69) is 36.4 Å². The number of ether oxygens (including phenoxy) is 2. The third-order valence-corrected chi connectivity index (χ3v) is 4.78. The van der Waals surface area contributed by atoms with E-state index in [1.165, 1.54) is 48.4 Å². The number of fused-ring (bicyclic) bond motifs is 3. The molecule has 1 aliphatic carbocycles. The molecule has 2 aromatic carbocycles. The van der Waals surface area contributed by atoms with Gasteiger partial charge >= 0.3 is 0 Å². The molecule has 1 heterocycles. The van der Waals surface area contributed by atoms with Gasteiger partial charge in [-0.15, -0.1) is 0 Å². The Labute approximate surface area is 126 Å². The first kappa shape index (κ1) is 13.1. The van der Waals surface area contributed by atoms with Crippen LogP contribution in [0.1, 0.15) is 44.1 Å². The topological polar surface area (TPSA) is 18.5 Å². The third-order valence-electron chi connectivity index (χ3n) is 4.78. The molecule has 0 spiro atoms. The molecule has 21 heavy (non-hydrogen) atoms. The molecule has 2 nitrogen and oxygen atoms in total. The van der Waals surface area contributed by atoms with Gasteiger partial charge in [-0.2, -0.15) is 0 Å². The second-order valence-corrected chi connectivity index (χ2v) is 6.25. The van der Waals surface area contributed by atoms with Gasteiger partial charge in [-0.3, -0.25) is 0 Å². The third kappa shape index (κ3) is 2.65. The van der Waals surface area contributed by atoms with Crippen LogP contribution in [0.3, 0.4) is 0 Å². The average Bonchev–Trinajstić information content (AvgIpc) is 2.55. The molecule has 0 N–H and O–H groups in total. The van der Waals surface area contributed by atoms with Crippen LogP contribution in [0.25, 0.3) is 10.8 Å². The molecule has 1 saturated carbocycles. The van der Waals surface area contributed by atoms with Gasteiger partial charge in [0.2, 0.25) is 0 Å². The van der Waals surface area contributed by atoms with Gasteiger partial charge in [0.1, 0.15) is 5.75 Å². The van der Waals surface area contributed by atoms with E-state index in [0.717, 1.165) is 18.6 Å². The van der Waals surface area contributed by atoms with Gasteiger partial charge in [-0.05, 0) is 36.1 Å². The molecule has 2 aromatic rings. The highest BCUT2D eigenvalue weighted by Crippen LogP contribution is 2.35. The van der Waals surface area contributed by atoms with E-state index in [1.54, 1.807) is 0 Å². The van der Waals surface area contributed by atoms with Crippen molar-refractivity contribution in [3.63, 3.8) is 0 Å². The Morgan fingerprint density at radius 3 is 2.67 bits per heavy atom. The molecule has 4 rings (SSSR count). The zero-order valence-electron chi connectivity index (χ0n) is 12.4. The molecule has 0 bridgehead atoms. The molecular weight excluding hydrogens is 260 g/mol. The predicted octanol–water partition coefficient (Wildman–Crippen LogP) is 4.84. The molecule has 0 saturated heterocycles. The van der Waals surface area contributed by atoms with Crippen molar-refractivity contribution in [3.05, 3.63) is 42.0 Å². The summed E-state index contributed by atoms with van der Waals surface area (Å²) in [6.07, 6.45) is 8.74. The summed E-state index contributed by atoms with van der Waals surface area (Å²) in [5.74, 6) is 1.01. The van der Waals surface area contributed by atoms with Crippen LogP contribution in [0.4, 0.5) is 0 Å². The largest absolute Gasteiger partial charge is 0.465 e. The molecule has 1 atom stereocenters. The van der Waals surface area contributed by atoms with Gasteiger partial charge in [-0.1, -0.05) is 49.6 Å². The molecule has 0 aromatic heterocycles. The van der Waals surface area contributed by atoms with Crippen molar-refractivity contribution in [1.82, 2.24) is 0 Å². The SMILES string of the molecule is c1ccc2c3c(ccc2c1)O[C@H](OC1CCCCC1)CC3. The Morgan fingerprint density at radius 2 is 1.76 bits per heavy atom. The lowest BCUT2D eigenvalue weighted by Crippen LogP contribution is -2.31. The van der Waals surface area contributed by atoms with Gasteiger partial charge in [0.15, 0.2) is 6.29 Å². The van der Waals surface area contributed by atoms with E-state index >= 15 is 0 Å². The highest BCUT2D eigenvalue weighted by atomic mass is 16.7. The van der Waals surface area contributed by atoms with E-state index in [9.17, 15) is 0 Å². The summed E-state index contributed by atoms with van der Waals surface area (Å²) < 4.78 is 12.3. The Balaban J connectivity index is 1.53. The lowest BCUT2D eigenvalue weighted by atomic mass is 9.96. The number of hydrogen-bond acceptors (Lipinski definition) is 2. The zero-order valence-corrected chi connectivity index (χ0v) is 12.4. The van der Waals surface area contributed by atoms with E-state index in [4.69, 9.17) is 9.47 Å². The van der Waals surface area contributed by atoms with Crippen molar-refractivity contribution in [1.29, 1.82) is 0 Å². The van der Waals surface area contributed by atoms with Crippen LogP contribution in [0, 0.1) is 0 Å². The maximum atomic E-state index is 6.18. The molecule has 1 fully saturated rings. The van der Waals surface area contributed by atoms with E-state index in [1.807, 2.05) is 0 Å². The Bertz CT molecular complexity index is 628. The maximum absolute atomic E-state index is 6.18. The van der Waals surface area contributed by atoms with E-state index in [-0.39, 0.29) is 6.29 Å². The summed E-state index contributed by atoms with van der Waals surface area (Å²) in [4.78, 5) is 0. The van der Waals surface area contributed by atoms with Crippen LogP contribution in [0.5, 0.6) is 5.75 Å². The highest BCUT2D eigenvalue weighted by Gasteiger charge is 2.25. The van der Waals surface area contributed by atoms with Crippen LogP contribution >= 0.6 is 0 Å². The second kappa shape index (κ2) is 5.69. The summed E-state index contributed by atoms with van der Waals surface area (Å²) in [6, 6.07) is 12.8. The van der Waals surface area contributed by atoms with Gasteiger partial charge < -0.3 is 9.47 Å². The normalized spacial score (nSPS) is 22.8.